The van der Waals surface area contributed by atoms with E-state index in [1.165, 1.54) is 5.56 Å². The molecule has 2 N–H and O–H groups in total. The van der Waals surface area contributed by atoms with Crippen molar-refractivity contribution in [2.75, 3.05) is 19.3 Å². The van der Waals surface area contributed by atoms with Crippen LogP contribution >= 0.6 is 0 Å². The minimum Gasteiger partial charge on any atom is -0.398 e. The average Bonchev–Trinajstić information content (AvgIpc) is 2.49. The van der Waals surface area contributed by atoms with Gasteiger partial charge >= 0.3 is 0 Å². The molecule has 0 unspecified atom stereocenters. The second-order valence-corrected chi connectivity index (χ2v) is 4.92. The highest BCUT2D eigenvalue weighted by atomic mass is 16.2. The third-order valence-corrected chi connectivity index (χ3v) is 3.14. The molecule has 0 aromatic heterocycles. The third kappa shape index (κ3) is 3.87. The van der Waals surface area contributed by atoms with Gasteiger partial charge in [-0.2, -0.15) is 0 Å². The monoisotopic (exact) mass is 278 g/mol. The van der Waals surface area contributed by atoms with Crippen molar-refractivity contribution in [1.29, 1.82) is 0 Å². The number of nitrogens with two attached hydrogens (primary N) is 1. The van der Waals surface area contributed by atoms with Gasteiger partial charge in [-0.15, -0.1) is 0 Å². The van der Waals surface area contributed by atoms with Gasteiger partial charge in [0.1, 0.15) is 0 Å². The van der Waals surface area contributed by atoms with Crippen LogP contribution < -0.4 is 5.73 Å². The van der Waals surface area contributed by atoms with Crippen molar-refractivity contribution in [3.63, 3.8) is 0 Å². The molecule has 3 nitrogen and oxygen atoms in total. The summed E-state index contributed by atoms with van der Waals surface area (Å²) < 4.78 is 0. The van der Waals surface area contributed by atoms with Gasteiger partial charge in [0.15, 0.2) is 0 Å². The molecule has 0 spiro atoms. The molecule has 3 heteroatoms. The Kier molecular flexibility index (Phi) is 4.63. The number of rotatable bonds is 2. The number of anilines is 1. The van der Waals surface area contributed by atoms with E-state index in [1.807, 2.05) is 37.3 Å². The van der Waals surface area contributed by atoms with Crippen LogP contribution in [0.3, 0.4) is 0 Å². The molecule has 0 radical (unpaired) electrons. The van der Waals surface area contributed by atoms with E-state index in [1.54, 1.807) is 30.1 Å². The van der Waals surface area contributed by atoms with E-state index in [2.05, 4.69) is 11.8 Å². The molecule has 106 valence electrons. The molecule has 0 aliphatic rings. The number of para-hydroxylation sites is 1. The number of carbonyl (C=O) groups is 1. The number of hydrogen-bond acceptors (Lipinski definition) is 2. The molecule has 0 aliphatic heterocycles. The molecule has 2 aromatic rings. The van der Waals surface area contributed by atoms with Crippen molar-refractivity contribution >= 4 is 11.6 Å². The zero-order valence-electron chi connectivity index (χ0n) is 12.3. The first-order valence-electron chi connectivity index (χ1n) is 6.73. The van der Waals surface area contributed by atoms with Crippen LogP contribution in [0.4, 0.5) is 5.69 Å². The Morgan fingerprint density at radius 3 is 2.48 bits per heavy atom. The highest BCUT2D eigenvalue weighted by molar-refractivity contribution is 5.99. The Morgan fingerprint density at radius 1 is 1.14 bits per heavy atom. The highest BCUT2D eigenvalue weighted by Gasteiger charge is 2.12. The summed E-state index contributed by atoms with van der Waals surface area (Å²) >= 11 is 0. The van der Waals surface area contributed by atoms with E-state index in [0.29, 0.717) is 17.8 Å². The fourth-order valence-electron chi connectivity index (χ4n) is 1.87. The summed E-state index contributed by atoms with van der Waals surface area (Å²) in [5.74, 6) is 5.93. The maximum atomic E-state index is 12.2. The Labute approximate surface area is 125 Å². The lowest BCUT2D eigenvalue weighted by Crippen LogP contribution is -2.27. The van der Waals surface area contributed by atoms with Crippen molar-refractivity contribution in [1.82, 2.24) is 4.90 Å². The van der Waals surface area contributed by atoms with Crippen LogP contribution in [0, 0.1) is 18.8 Å². The second kappa shape index (κ2) is 6.62. The number of nitrogens with zero attached hydrogens (tertiary/aromatic N) is 1. The number of benzene rings is 2. The topological polar surface area (TPSA) is 46.3 Å². The highest BCUT2D eigenvalue weighted by Crippen LogP contribution is 2.12. The zero-order valence-corrected chi connectivity index (χ0v) is 12.3. The van der Waals surface area contributed by atoms with Gasteiger partial charge in [0.05, 0.1) is 12.1 Å². The van der Waals surface area contributed by atoms with Crippen molar-refractivity contribution in [2.45, 2.75) is 6.92 Å². The van der Waals surface area contributed by atoms with Gasteiger partial charge in [0, 0.05) is 18.3 Å². The van der Waals surface area contributed by atoms with Crippen LogP contribution in [0.15, 0.2) is 48.5 Å². The minimum absolute atomic E-state index is 0.119. The summed E-state index contributed by atoms with van der Waals surface area (Å²) in [6.07, 6.45) is 0. The Balaban J connectivity index is 2.02. The van der Waals surface area contributed by atoms with E-state index < -0.39 is 0 Å². The van der Waals surface area contributed by atoms with Gasteiger partial charge in [0.25, 0.3) is 5.91 Å². The molecule has 2 rings (SSSR count). The quantitative estimate of drug-likeness (QED) is 0.678. The second-order valence-electron chi connectivity index (χ2n) is 4.92. The van der Waals surface area contributed by atoms with Gasteiger partial charge in [-0.1, -0.05) is 41.7 Å². The predicted octanol–water partition coefficient (Wildman–Crippen LogP) is 2.70. The molecule has 0 saturated carbocycles. The predicted molar refractivity (Wildman–Crippen MR) is 85.9 cm³/mol. The van der Waals surface area contributed by atoms with Gasteiger partial charge in [-0.05, 0) is 31.2 Å². The lowest BCUT2D eigenvalue weighted by Gasteiger charge is -2.14. The van der Waals surface area contributed by atoms with E-state index in [-0.39, 0.29) is 5.91 Å². The van der Waals surface area contributed by atoms with Crippen molar-refractivity contribution in [2.24, 2.45) is 0 Å². The fourth-order valence-corrected chi connectivity index (χ4v) is 1.87. The first-order chi connectivity index (χ1) is 10.1. The van der Waals surface area contributed by atoms with Crippen molar-refractivity contribution < 1.29 is 4.79 Å². The smallest absolute Gasteiger partial charge is 0.256 e. The standard InChI is InChI=1S/C18H18N2O/c1-14-9-11-15(12-10-14)6-5-13-20(2)18(21)16-7-3-4-8-17(16)19/h3-4,7-12H,13,19H2,1-2H3. The van der Waals surface area contributed by atoms with Gasteiger partial charge in [-0.3, -0.25) is 4.79 Å². The maximum Gasteiger partial charge on any atom is 0.256 e. The molecule has 21 heavy (non-hydrogen) atoms. The molecule has 0 heterocycles. The lowest BCUT2D eigenvalue weighted by molar-refractivity contribution is 0.0813. The van der Waals surface area contributed by atoms with E-state index >= 15 is 0 Å². The number of carbonyl (C=O) groups excluding carboxylic acids is 1. The average molecular weight is 278 g/mol. The van der Waals surface area contributed by atoms with Crippen molar-refractivity contribution in [3.8, 4) is 11.8 Å². The summed E-state index contributed by atoms with van der Waals surface area (Å²) in [5, 5.41) is 0. The van der Waals surface area contributed by atoms with Crippen molar-refractivity contribution in [3.05, 3.63) is 65.2 Å². The van der Waals surface area contributed by atoms with E-state index in [9.17, 15) is 4.79 Å². The Morgan fingerprint density at radius 2 is 1.81 bits per heavy atom. The molecule has 0 bridgehead atoms. The molecule has 1 amide bonds. The summed E-state index contributed by atoms with van der Waals surface area (Å²) in [5.41, 5.74) is 8.95. The fraction of sp³-hybridized carbons (Fsp3) is 0.167. The van der Waals surface area contributed by atoms with Crippen LogP contribution in [-0.4, -0.2) is 24.4 Å². The van der Waals surface area contributed by atoms with Crippen LogP contribution in [0.2, 0.25) is 0 Å². The number of hydrogen-bond donors (Lipinski definition) is 1. The van der Waals surface area contributed by atoms with Gasteiger partial charge < -0.3 is 10.6 Å². The first kappa shape index (κ1) is 14.7. The van der Waals surface area contributed by atoms with Crippen LogP contribution in [0.25, 0.3) is 0 Å². The molecule has 2 aromatic carbocycles. The summed E-state index contributed by atoms with van der Waals surface area (Å²) in [7, 11) is 1.72. The molecule has 0 atom stereocenters. The number of nitrogen functional groups attached to an aromatic ring is 1. The normalized spacial score (nSPS) is 9.62. The lowest BCUT2D eigenvalue weighted by atomic mass is 10.1. The molecule has 0 fully saturated rings. The number of aryl methyl sites for hydroxylation is 1. The molecular weight excluding hydrogens is 260 g/mol. The van der Waals surface area contributed by atoms with E-state index in [0.717, 1.165) is 5.56 Å². The Hall–Kier alpha value is -2.73. The molecule has 0 aliphatic carbocycles. The van der Waals surface area contributed by atoms with Crippen LogP contribution in [0.5, 0.6) is 0 Å². The summed E-state index contributed by atoms with van der Waals surface area (Å²) in [6, 6.07) is 15.0. The molecular formula is C18H18N2O. The zero-order chi connectivity index (χ0) is 15.2. The third-order valence-electron chi connectivity index (χ3n) is 3.14. The largest absolute Gasteiger partial charge is 0.398 e. The summed E-state index contributed by atoms with van der Waals surface area (Å²) in [6.45, 7) is 2.40. The minimum atomic E-state index is -0.119. The molecule has 0 saturated heterocycles. The number of amides is 1. The van der Waals surface area contributed by atoms with Crippen LogP contribution in [-0.2, 0) is 0 Å². The van der Waals surface area contributed by atoms with Gasteiger partial charge in [-0.25, -0.2) is 0 Å². The van der Waals surface area contributed by atoms with Gasteiger partial charge in [0.2, 0.25) is 0 Å². The Bertz CT molecular complexity index is 693. The van der Waals surface area contributed by atoms with E-state index in [4.69, 9.17) is 5.73 Å². The first-order valence-corrected chi connectivity index (χ1v) is 6.73. The summed E-state index contributed by atoms with van der Waals surface area (Å²) in [4.78, 5) is 13.8. The SMILES string of the molecule is Cc1ccc(C#CCN(C)C(=O)c2ccccc2N)cc1. The van der Waals surface area contributed by atoms with Crippen LogP contribution in [0.1, 0.15) is 21.5 Å². The maximum absolute atomic E-state index is 12.2.